The number of anilines is 1. The zero-order valence-corrected chi connectivity index (χ0v) is 13.6. The van der Waals surface area contributed by atoms with Crippen LogP contribution < -0.4 is 15.4 Å². The smallest absolute Gasteiger partial charge is 0.142 e. The normalized spacial score (nSPS) is 18.0. The van der Waals surface area contributed by atoms with Gasteiger partial charge in [0.15, 0.2) is 0 Å². The average molecular weight is 291 g/mol. The van der Waals surface area contributed by atoms with E-state index in [0.717, 1.165) is 44.9 Å². The molecule has 21 heavy (non-hydrogen) atoms. The molecule has 0 spiro atoms. The summed E-state index contributed by atoms with van der Waals surface area (Å²) in [5.74, 6) is 1.64. The van der Waals surface area contributed by atoms with Crippen LogP contribution in [0.15, 0.2) is 24.3 Å². The number of nitrogens with two attached hydrogens (primary N) is 1. The van der Waals surface area contributed by atoms with Crippen LogP contribution in [-0.4, -0.2) is 50.8 Å². The molecule has 118 valence electrons. The minimum absolute atomic E-state index is 0.294. The zero-order valence-electron chi connectivity index (χ0n) is 13.6. The van der Waals surface area contributed by atoms with E-state index in [4.69, 9.17) is 10.5 Å². The number of hydrogen-bond acceptors (Lipinski definition) is 4. The molecule has 4 nitrogen and oxygen atoms in total. The largest absolute Gasteiger partial charge is 0.495 e. The number of ether oxygens (including phenoxy) is 1. The maximum Gasteiger partial charge on any atom is 0.142 e. The molecule has 0 bridgehead atoms. The van der Waals surface area contributed by atoms with Crippen molar-refractivity contribution in [3.63, 3.8) is 0 Å². The highest BCUT2D eigenvalue weighted by Gasteiger charge is 2.20. The number of hydrogen-bond donors (Lipinski definition) is 1. The van der Waals surface area contributed by atoms with Crippen LogP contribution >= 0.6 is 0 Å². The summed E-state index contributed by atoms with van der Waals surface area (Å²) in [6, 6.07) is 8.55. The molecule has 2 N–H and O–H groups in total. The van der Waals surface area contributed by atoms with Gasteiger partial charge in [-0.1, -0.05) is 26.0 Å². The molecule has 1 saturated heterocycles. The van der Waals surface area contributed by atoms with Gasteiger partial charge in [0, 0.05) is 38.8 Å². The molecule has 0 amide bonds. The van der Waals surface area contributed by atoms with Gasteiger partial charge in [-0.3, -0.25) is 4.90 Å². The minimum atomic E-state index is 0.294. The monoisotopic (exact) mass is 291 g/mol. The average Bonchev–Trinajstić information content (AvgIpc) is 2.47. The maximum absolute atomic E-state index is 6.22. The van der Waals surface area contributed by atoms with Gasteiger partial charge in [-0.05, 0) is 24.5 Å². The van der Waals surface area contributed by atoms with Gasteiger partial charge in [0.05, 0.1) is 12.8 Å². The first kappa shape index (κ1) is 16.1. The lowest BCUT2D eigenvalue weighted by atomic mass is 10.0. The SMILES string of the molecule is COc1ccccc1N1CCN(C[C@@H](N)CC(C)C)CC1. The van der Waals surface area contributed by atoms with Gasteiger partial charge >= 0.3 is 0 Å². The van der Waals surface area contributed by atoms with Crippen LogP contribution in [0.25, 0.3) is 0 Å². The Kier molecular flexibility index (Phi) is 5.88. The van der Waals surface area contributed by atoms with Crippen molar-refractivity contribution in [2.75, 3.05) is 44.7 Å². The number of piperazine rings is 1. The molecule has 0 saturated carbocycles. The van der Waals surface area contributed by atoms with E-state index in [9.17, 15) is 0 Å². The molecule has 0 unspecified atom stereocenters. The summed E-state index contributed by atoms with van der Waals surface area (Å²) in [7, 11) is 1.74. The van der Waals surface area contributed by atoms with Crippen molar-refractivity contribution in [3.05, 3.63) is 24.3 Å². The minimum Gasteiger partial charge on any atom is -0.495 e. The van der Waals surface area contributed by atoms with Crippen LogP contribution in [0.5, 0.6) is 5.75 Å². The van der Waals surface area contributed by atoms with E-state index < -0.39 is 0 Å². The summed E-state index contributed by atoms with van der Waals surface area (Å²) < 4.78 is 5.46. The van der Waals surface area contributed by atoms with Gasteiger partial charge in [-0.15, -0.1) is 0 Å². The molecule has 1 aromatic carbocycles. The van der Waals surface area contributed by atoms with Crippen molar-refractivity contribution in [2.24, 2.45) is 11.7 Å². The zero-order chi connectivity index (χ0) is 15.2. The third-order valence-electron chi connectivity index (χ3n) is 4.07. The Hall–Kier alpha value is -1.26. The summed E-state index contributed by atoms with van der Waals surface area (Å²) in [5, 5.41) is 0. The van der Waals surface area contributed by atoms with Crippen LogP contribution in [0.1, 0.15) is 20.3 Å². The van der Waals surface area contributed by atoms with Crippen LogP contribution in [0.4, 0.5) is 5.69 Å². The van der Waals surface area contributed by atoms with E-state index in [1.807, 2.05) is 12.1 Å². The Morgan fingerprint density at radius 1 is 1.14 bits per heavy atom. The molecule has 0 aliphatic carbocycles. The van der Waals surface area contributed by atoms with Gasteiger partial charge < -0.3 is 15.4 Å². The lowest BCUT2D eigenvalue weighted by molar-refractivity contribution is 0.232. The number of rotatable bonds is 6. The van der Waals surface area contributed by atoms with Gasteiger partial charge in [0.2, 0.25) is 0 Å². The van der Waals surface area contributed by atoms with Crippen LogP contribution in [0, 0.1) is 5.92 Å². The molecular formula is C17H29N3O. The molecule has 1 atom stereocenters. The molecule has 1 heterocycles. The van der Waals surface area contributed by atoms with Crippen molar-refractivity contribution in [2.45, 2.75) is 26.3 Å². The molecule has 1 aliphatic heterocycles. The fourth-order valence-electron chi connectivity index (χ4n) is 3.07. The molecule has 0 radical (unpaired) electrons. The molecule has 1 fully saturated rings. The summed E-state index contributed by atoms with van der Waals surface area (Å²) >= 11 is 0. The van der Waals surface area contributed by atoms with Crippen LogP contribution in [0.2, 0.25) is 0 Å². The molecule has 1 aromatic rings. The standard InChI is InChI=1S/C17H29N3O/c1-14(2)12-15(18)13-19-8-10-20(11-9-19)16-6-4-5-7-17(16)21-3/h4-7,14-15H,8-13,18H2,1-3H3/t15-/m0/s1. The van der Waals surface area contributed by atoms with Crippen LogP contribution in [0.3, 0.4) is 0 Å². The summed E-state index contributed by atoms with van der Waals surface area (Å²) in [6.07, 6.45) is 1.10. The van der Waals surface area contributed by atoms with Gasteiger partial charge in [-0.25, -0.2) is 0 Å². The summed E-state index contributed by atoms with van der Waals surface area (Å²) in [6.45, 7) is 9.70. The highest BCUT2D eigenvalue weighted by atomic mass is 16.5. The lowest BCUT2D eigenvalue weighted by Crippen LogP contribution is -2.50. The predicted molar refractivity (Wildman–Crippen MR) is 89.1 cm³/mol. The highest BCUT2D eigenvalue weighted by Crippen LogP contribution is 2.28. The second-order valence-electron chi connectivity index (χ2n) is 6.35. The first-order valence-electron chi connectivity index (χ1n) is 7.96. The molecular weight excluding hydrogens is 262 g/mol. The quantitative estimate of drug-likeness (QED) is 0.872. The fraction of sp³-hybridized carbons (Fsp3) is 0.647. The topological polar surface area (TPSA) is 41.7 Å². The third-order valence-corrected chi connectivity index (χ3v) is 4.07. The van der Waals surface area contributed by atoms with Gasteiger partial charge in [0.1, 0.15) is 5.75 Å². The van der Waals surface area contributed by atoms with E-state index in [-0.39, 0.29) is 0 Å². The highest BCUT2D eigenvalue weighted by molar-refractivity contribution is 5.58. The number of methoxy groups -OCH3 is 1. The lowest BCUT2D eigenvalue weighted by Gasteiger charge is -2.37. The number of para-hydroxylation sites is 2. The Morgan fingerprint density at radius 2 is 1.81 bits per heavy atom. The Balaban J connectivity index is 1.85. The van der Waals surface area contributed by atoms with Crippen molar-refractivity contribution >= 4 is 5.69 Å². The first-order chi connectivity index (χ1) is 10.1. The second kappa shape index (κ2) is 7.66. The second-order valence-corrected chi connectivity index (χ2v) is 6.35. The number of nitrogens with zero attached hydrogens (tertiary/aromatic N) is 2. The van der Waals surface area contributed by atoms with Gasteiger partial charge in [-0.2, -0.15) is 0 Å². The maximum atomic E-state index is 6.22. The summed E-state index contributed by atoms with van der Waals surface area (Å²) in [5.41, 5.74) is 7.42. The van der Waals surface area contributed by atoms with E-state index in [0.29, 0.717) is 12.0 Å². The molecule has 4 heteroatoms. The molecule has 0 aromatic heterocycles. The number of benzene rings is 1. The Labute approximate surface area is 128 Å². The van der Waals surface area contributed by atoms with E-state index in [2.05, 4.69) is 35.8 Å². The van der Waals surface area contributed by atoms with Gasteiger partial charge in [0.25, 0.3) is 0 Å². The fourth-order valence-corrected chi connectivity index (χ4v) is 3.07. The molecule has 1 aliphatic rings. The third kappa shape index (κ3) is 4.61. The van der Waals surface area contributed by atoms with Crippen molar-refractivity contribution in [1.82, 2.24) is 4.90 Å². The van der Waals surface area contributed by atoms with Crippen molar-refractivity contribution < 1.29 is 4.74 Å². The molecule has 2 rings (SSSR count). The Morgan fingerprint density at radius 3 is 2.43 bits per heavy atom. The van der Waals surface area contributed by atoms with E-state index in [1.54, 1.807) is 7.11 Å². The van der Waals surface area contributed by atoms with Crippen LogP contribution in [-0.2, 0) is 0 Å². The predicted octanol–water partition coefficient (Wildman–Crippen LogP) is 2.19. The van der Waals surface area contributed by atoms with E-state index in [1.165, 1.54) is 5.69 Å². The summed E-state index contributed by atoms with van der Waals surface area (Å²) in [4.78, 5) is 4.89. The van der Waals surface area contributed by atoms with Crippen molar-refractivity contribution in [3.8, 4) is 5.75 Å². The first-order valence-corrected chi connectivity index (χ1v) is 7.96. The Bertz CT molecular complexity index is 428. The van der Waals surface area contributed by atoms with Crippen molar-refractivity contribution in [1.29, 1.82) is 0 Å². The van der Waals surface area contributed by atoms with E-state index >= 15 is 0 Å².